The standard InChI is InChI=1S/C15H24N4O2/c1-11-9-14(17-21-11)10-18-5-7-19(8-6-18)12(2)15(20)16-13-3-4-13/h9,12-13H,3-8,10H2,1-2H3,(H,16,20)/t12-/m1/s1. The molecule has 2 heterocycles. The predicted molar refractivity (Wildman–Crippen MR) is 78.7 cm³/mol. The number of rotatable bonds is 5. The van der Waals surface area contributed by atoms with Crippen molar-refractivity contribution < 1.29 is 9.32 Å². The van der Waals surface area contributed by atoms with Gasteiger partial charge in [-0.3, -0.25) is 14.6 Å². The van der Waals surface area contributed by atoms with Crippen LogP contribution in [0.2, 0.25) is 0 Å². The molecule has 0 spiro atoms. The number of carbonyl (C=O) groups excluding carboxylic acids is 1. The van der Waals surface area contributed by atoms with Gasteiger partial charge in [0.15, 0.2) is 0 Å². The van der Waals surface area contributed by atoms with Crippen LogP contribution < -0.4 is 5.32 Å². The van der Waals surface area contributed by atoms with E-state index in [0.29, 0.717) is 6.04 Å². The first-order valence-electron chi connectivity index (χ1n) is 7.81. The lowest BCUT2D eigenvalue weighted by atomic mass is 10.2. The SMILES string of the molecule is Cc1cc(CN2CCN([C@H](C)C(=O)NC3CC3)CC2)no1. The van der Waals surface area contributed by atoms with E-state index < -0.39 is 0 Å². The molecule has 116 valence electrons. The molecule has 0 aromatic carbocycles. The summed E-state index contributed by atoms with van der Waals surface area (Å²) in [6.07, 6.45) is 2.28. The molecule has 2 fully saturated rings. The van der Waals surface area contributed by atoms with E-state index >= 15 is 0 Å². The summed E-state index contributed by atoms with van der Waals surface area (Å²) in [5.41, 5.74) is 0.987. The number of nitrogens with one attached hydrogen (secondary N) is 1. The summed E-state index contributed by atoms with van der Waals surface area (Å²) in [6.45, 7) is 8.53. The molecule has 6 heteroatoms. The monoisotopic (exact) mass is 292 g/mol. The lowest BCUT2D eigenvalue weighted by Gasteiger charge is -2.37. The molecule has 1 aromatic rings. The maximum atomic E-state index is 12.1. The molecule has 0 unspecified atom stereocenters. The molecule has 2 aliphatic rings. The van der Waals surface area contributed by atoms with Crippen LogP contribution in [0.3, 0.4) is 0 Å². The number of amides is 1. The molecule has 6 nitrogen and oxygen atoms in total. The third-order valence-corrected chi connectivity index (χ3v) is 4.32. The van der Waals surface area contributed by atoms with E-state index in [1.54, 1.807) is 0 Å². The van der Waals surface area contributed by atoms with E-state index in [0.717, 1.165) is 57.0 Å². The fourth-order valence-corrected chi connectivity index (χ4v) is 2.75. The minimum atomic E-state index is -0.0259. The topological polar surface area (TPSA) is 61.6 Å². The van der Waals surface area contributed by atoms with Crippen molar-refractivity contribution in [1.29, 1.82) is 0 Å². The highest BCUT2D eigenvalue weighted by atomic mass is 16.5. The largest absolute Gasteiger partial charge is 0.361 e. The maximum absolute atomic E-state index is 12.1. The fraction of sp³-hybridized carbons (Fsp3) is 0.733. The molecule has 1 N–H and O–H groups in total. The smallest absolute Gasteiger partial charge is 0.237 e. The number of hydrogen-bond acceptors (Lipinski definition) is 5. The summed E-state index contributed by atoms with van der Waals surface area (Å²) in [5.74, 6) is 1.03. The molecule has 1 aliphatic carbocycles. The predicted octanol–water partition coefficient (Wildman–Crippen LogP) is 0.768. The van der Waals surface area contributed by atoms with E-state index in [1.807, 2.05) is 19.9 Å². The van der Waals surface area contributed by atoms with Crippen LogP contribution in [0.4, 0.5) is 0 Å². The summed E-state index contributed by atoms with van der Waals surface area (Å²) in [4.78, 5) is 16.7. The highest BCUT2D eigenvalue weighted by Crippen LogP contribution is 2.19. The number of piperazine rings is 1. The number of nitrogens with zero attached hydrogens (tertiary/aromatic N) is 3. The zero-order valence-electron chi connectivity index (χ0n) is 12.8. The minimum Gasteiger partial charge on any atom is -0.361 e. The average Bonchev–Trinajstić information content (AvgIpc) is 3.20. The van der Waals surface area contributed by atoms with Crippen LogP contribution in [0.1, 0.15) is 31.2 Å². The van der Waals surface area contributed by atoms with Gasteiger partial charge in [0.05, 0.1) is 11.7 Å². The van der Waals surface area contributed by atoms with Crippen LogP contribution in [0.5, 0.6) is 0 Å². The fourth-order valence-electron chi connectivity index (χ4n) is 2.75. The van der Waals surface area contributed by atoms with Gasteiger partial charge >= 0.3 is 0 Å². The average molecular weight is 292 g/mol. The van der Waals surface area contributed by atoms with Gasteiger partial charge in [-0.05, 0) is 26.7 Å². The van der Waals surface area contributed by atoms with E-state index in [1.165, 1.54) is 0 Å². The van der Waals surface area contributed by atoms with Gasteiger partial charge in [0.2, 0.25) is 5.91 Å². The van der Waals surface area contributed by atoms with Crippen molar-refractivity contribution in [2.24, 2.45) is 0 Å². The summed E-state index contributed by atoms with van der Waals surface area (Å²) >= 11 is 0. The van der Waals surface area contributed by atoms with Crippen LogP contribution in [0.25, 0.3) is 0 Å². The number of aromatic nitrogens is 1. The van der Waals surface area contributed by atoms with Gasteiger partial charge in [-0.15, -0.1) is 0 Å². The second-order valence-electron chi connectivity index (χ2n) is 6.20. The first kappa shape index (κ1) is 14.5. The Kier molecular flexibility index (Phi) is 4.26. The van der Waals surface area contributed by atoms with Crippen LogP contribution in [-0.4, -0.2) is 59.1 Å². The zero-order valence-corrected chi connectivity index (χ0v) is 12.8. The third kappa shape index (κ3) is 3.83. The lowest BCUT2D eigenvalue weighted by Crippen LogP contribution is -2.53. The van der Waals surface area contributed by atoms with Gasteiger partial charge < -0.3 is 9.84 Å². The van der Waals surface area contributed by atoms with Gasteiger partial charge in [-0.25, -0.2) is 0 Å². The molecule has 1 amide bonds. The van der Waals surface area contributed by atoms with Crippen molar-refractivity contribution in [2.45, 2.75) is 45.3 Å². The quantitative estimate of drug-likeness (QED) is 0.868. The van der Waals surface area contributed by atoms with Crippen molar-refractivity contribution in [2.75, 3.05) is 26.2 Å². The second-order valence-corrected chi connectivity index (χ2v) is 6.20. The number of carbonyl (C=O) groups is 1. The Morgan fingerprint density at radius 2 is 2.14 bits per heavy atom. The third-order valence-electron chi connectivity index (χ3n) is 4.32. The van der Waals surface area contributed by atoms with E-state index in [9.17, 15) is 4.79 Å². The van der Waals surface area contributed by atoms with E-state index in [2.05, 4.69) is 20.3 Å². The summed E-state index contributed by atoms with van der Waals surface area (Å²) in [6, 6.07) is 2.40. The first-order valence-corrected chi connectivity index (χ1v) is 7.81. The highest BCUT2D eigenvalue weighted by molar-refractivity contribution is 5.81. The molecule has 1 atom stereocenters. The van der Waals surface area contributed by atoms with Crippen molar-refractivity contribution in [3.8, 4) is 0 Å². The second kappa shape index (κ2) is 6.15. The molecule has 0 bridgehead atoms. The van der Waals surface area contributed by atoms with Gasteiger partial charge in [0.25, 0.3) is 0 Å². The highest BCUT2D eigenvalue weighted by Gasteiger charge is 2.30. The van der Waals surface area contributed by atoms with Gasteiger partial charge in [0, 0.05) is 44.8 Å². The molecule has 3 rings (SSSR count). The van der Waals surface area contributed by atoms with Crippen LogP contribution in [0.15, 0.2) is 10.6 Å². The molecule has 1 saturated heterocycles. The van der Waals surface area contributed by atoms with Gasteiger partial charge in [-0.2, -0.15) is 0 Å². The van der Waals surface area contributed by atoms with Crippen LogP contribution in [-0.2, 0) is 11.3 Å². The minimum absolute atomic E-state index is 0.0259. The number of hydrogen-bond donors (Lipinski definition) is 1. The Balaban J connectivity index is 1.44. The van der Waals surface area contributed by atoms with Gasteiger partial charge in [-0.1, -0.05) is 5.16 Å². The maximum Gasteiger partial charge on any atom is 0.237 e. The van der Waals surface area contributed by atoms with Crippen molar-refractivity contribution in [3.05, 3.63) is 17.5 Å². The molecular weight excluding hydrogens is 268 g/mol. The van der Waals surface area contributed by atoms with Crippen molar-refractivity contribution >= 4 is 5.91 Å². The summed E-state index contributed by atoms with van der Waals surface area (Å²) < 4.78 is 5.10. The van der Waals surface area contributed by atoms with Gasteiger partial charge in [0.1, 0.15) is 5.76 Å². The Hall–Kier alpha value is -1.40. The molecule has 1 saturated carbocycles. The Morgan fingerprint density at radius 3 is 2.71 bits per heavy atom. The Labute approximate surface area is 125 Å². The number of aryl methyl sites for hydroxylation is 1. The summed E-state index contributed by atoms with van der Waals surface area (Å²) in [5, 5.41) is 7.13. The van der Waals surface area contributed by atoms with Crippen molar-refractivity contribution in [1.82, 2.24) is 20.3 Å². The molecule has 1 aliphatic heterocycles. The zero-order chi connectivity index (χ0) is 14.8. The Morgan fingerprint density at radius 1 is 1.43 bits per heavy atom. The van der Waals surface area contributed by atoms with Crippen molar-refractivity contribution in [3.63, 3.8) is 0 Å². The lowest BCUT2D eigenvalue weighted by molar-refractivity contribution is -0.126. The van der Waals surface area contributed by atoms with Crippen LogP contribution >= 0.6 is 0 Å². The molecular formula is C15H24N4O2. The normalized spacial score (nSPS) is 22.2. The molecule has 1 aromatic heterocycles. The van der Waals surface area contributed by atoms with E-state index in [4.69, 9.17) is 4.52 Å². The van der Waals surface area contributed by atoms with Crippen LogP contribution in [0, 0.1) is 6.92 Å². The van der Waals surface area contributed by atoms with E-state index in [-0.39, 0.29) is 11.9 Å². The Bertz CT molecular complexity index is 490. The molecule has 21 heavy (non-hydrogen) atoms. The first-order chi connectivity index (χ1) is 10.1. The summed E-state index contributed by atoms with van der Waals surface area (Å²) in [7, 11) is 0. The molecule has 0 radical (unpaired) electrons.